The molecule has 5 heteroatoms. The number of ether oxygens (including phenoxy) is 2. The largest absolute Gasteiger partial charge is 0.477 e. The number of anilines is 1. The summed E-state index contributed by atoms with van der Waals surface area (Å²) in [5, 5.41) is 3.04. The zero-order valence-corrected chi connectivity index (χ0v) is 18.2. The van der Waals surface area contributed by atoms with Crippen molar-refractivity contribution in [2.24, 2.45) is 11.8 Å². The molecule has 0 unspecified atom stereocenters. The van der Waals surface area contributed by atoms with E-state index in [2.05, 4.69) is 51.8 Å². The molecule has 0 aliphatic rings. The van der Waals surface area contributed by atoms with Gasteiger partial charge in [0.1, 0.15) is 5.60 Å². The van der Waals surface area contributed by atoms with Gasteiger partial charge in [0.2, 0.25) is 5.88 Å². The number of nitrogens with zero attached hydrogens (tertiary/aromatic N) is 1. The van der Waals surface area contributed by atoms with Crippen molar-refractivity contribution in [3.8, 4) is 5.88 Å². The van der Waals surface area contributed by atoms with Crippen LogP contribution < -0.4 is 10.1 Å². The molecule has 1 heterocycles. The SMILES string of the molecule is CCCOc1ncc(NC(=O)C(CC(C)C)(CC(C)C)OCCC)cc1C. The molecule has 0 saturated carbocycles. The lowest BCUT2D eigenvalue weighted by atomic mass is 9.83. The maximum absolute atomic E-state index is 13.3. The lowest BCUT2D eigenvalue weighted by Crippen LogP contribution is -2.48. The predicted octanol–water partition coefficient (Wildman–Crippen LogP) is 5.37. The van der Waals surface area contributed by atoms with Crippen molar-refractivity contribution in [1.29, 1.82) is 0 Å². The molecule has 1 N–H and O–H groups in total. The Hall–Kier alpha value is -1.62. The van der Waals surface area contributed by atoms with Crippen LogP contribution in [0.1, 0.15) is 72.8 Å². The third-order valence-corrected chi connectivity index (χ3v) is 4.20. The third kappa shape index (κ3) is 7.49. The fraction of sp³-hybridized carbons (Fsp3) is 0.727. The third-order valence-electron chi connectivity index (χ3n) is 4.20. The summed E-state index contributed by atoms with van der Waals surface area (Å²) in [5.74, 6) is 1.25. The number of carbonyl (C=O) groups excluding carboxylic acids is 1. The Morgan fingerprint density at radius 1 is 1.11 bits per heavy atom. The molecule has 0 aliphatic heterocycles. The topological polar surface area (TPSA) is 60.5 Å². The highest BCUT2D eigenvalue weighted by atomic mass is 16.5. The molecular formula is C22H38N2O3. The Morgan fingerprint density at radius 3 is 2.19 bits per heavy atom. The molecular weight excluding hydrogens is 340 g/mol. The van der Waals surface area contributed by atoms with Crippen LogP contribution in [0.3, 0.4) is 0 Å². The monoisotopic (exact) mass is 378 g/mol. The van der Waals surface area contributed by atoms with Gasteiger partial charge in [-0.2, -0.15) is 0 Å². The van der Waals surface area contributed by atoms with Gasteiger partial charge in [-0.1, -0.05) is 41.5 Å². The van der Waals surface area contributed by atoms with Crippen LogP contribution in [0.4, 0.5) is 5.69 Å². The fourth-order valence-electron chi connectivity index (χ4n) is 3.29. The van der Waals surface area contributed by atoms with E-state index in [1.54, 1.807) is 6.20 Å². The van der Waals surface area contributed by atoms with Crippen LogP contribution in [-0.2, 0) is 9.53 Å². The molecule has 5 nitrogen and oxygen atoms in total. The van der Waals surface area contributed by atoms with Gasteiger partial charge in [0.15, 0.2) is 0 Å². The molecule has 0 saturated heterocycles. The molecule has 0 atom stereocenters. The standard InChI is InChI=1S/C22H38N2O3/c1-8-10-26-20-18(7)12-19(15-23-20)24-21(25)22(13-16(3)4,14-17(5)6)27-11-9-2/h12,15-17H,8-11,13-14H2,1-7H3,(H,24,25). The Balaban J connectivity index is 3.04. The second-order valence-corrected chi connectivity index (χ2v) is 8.19. The number of aromatic nitrogens is 1. The molecule has 27 heavy (non-hydrogen) atoms. The van der Waals surface area contributed by atoms with Crippen LogP contribution in [0.25, 0.3) is 0 Å². The minimum atomic E-state index is -0.816. The van der Waals surface area contributed by atoms with Crippen molar-refractivity contribution < 1.29 is 14.3 Å². The van der Waals surface area contributed by atoms with E-state index in [9.17, 15) is 4.79 Å². The quantitative estimate of drug-likeness (QED) is 0.531. The lowest BCUT2D eigenvalue weighted by Gasteiger charge is -2.35. The van der Waals surface area contributed by atoms with Gasteiger partial charge in [-0.15, -0.1) is 0 Å². The van der Waals surface area contributed by atoms with Crippen molar-refractivity contribution in [3.63, 3.8) is 0 Å². The van der Waals surface area contributed by atoms with Crippen molar-refractivity contribution in [1.82, 2.24) is 4.98 Å². The summed E-state index contributed by atoms with van der Waals surface area (Å²) < 4.78 is 11.8. The number of carbonyl (C=O) groups is 1. The van der Waals surface area contributed by atoms with Crippen molar-refractivity contribution in [2.45, 2.75) is 79.8 Å². The van der Waals surface area contributed by atoms with E-state index in [0.717, 1.165) is 18.4 Å². The highest BCUT2D eigenvalue weighted by Crippen LogP contribution is 2.31. The minimum Gasteiger partial charge on any atom is -0.477 e. The second-order valence-electron chi connectivity index (χ2n) is 8.19. The van der Waals surface area contributed by atoms with Gasteiger partial charge in [-0.25, -0.2) is 4.98 Å². The van der Waals surface area contributed by atoms with E-state index in [4.69, 9.17) is 9.47 Å². The van der Waals surface area contributed by atoms with Crippen molar-refractivity contribution in [3.05, 3.63) is 17.8 Å². The zero-order chi connectivity index (χ0) is 20.4. The predicted molar refractivity (Wildman–Crippen MR) is 111 cm³/mol. The number of hydrogen-bond donors (Lipinski definition) is 1. The van der Waals surface area contributed by atoms with E-state index >= 15 is 0 Å². The number of rotatable bonds is 12. The van der Waals surface area contributed by atoms with E-state index < -0.39 is 5.60 Å². The van der Waals surface area contributed by atoms with E-state index in [1.165, 1.54) is 0 Å². The van der Waals surface area contributed by atoms with Gasteiger partial charge in [-0.05, 0) is 50.5 Å². The normalized spacial score (nSPS) is 11.9. The molecule has 0 spiro atoms. The van der Waals surface area contributed by atoms with E-state index in [1.807, 2.05) is 13.0 Å². The van der Waals surface area contributed by atoms with Crippen LogP contribution in [0.5, 0.6) is 5.88 Å². The molecule has 1 aromatic rings. The number of amides is 1. The van der Waals surface area contributed by atoms with Crippen LogP contribution in [0.15, 0.2) is 12.3 Å². The van der Waals surface area contributed by atoms with E-state index in [-0.39, 0.29) is 5.91 Å². The molecule has 0 radical (unpaired) electrons. The fourth-order valence-corrected chi connectivity index (χ4v) is 3.29. The van der Waals surface area contributed by atoms with Crippen LogP contribution >= 0.6 is 0 Å². The summed E-state index contributed by atoms with van der Waals surface area (Å²) in [6.07, 6.45) is 4.87. The summed E-state index contributed by atoms with van der Waals surface area (Å²) in [4.78, 5) is 17.6. The molecule has 154 valence electrons. The Kier molecular flexibility index (Phi) is 9.78. The number of pyridine rings is 1. The van der Waals surface area contributed by atoms with Gasteiger partial charge in [0.25, 0.3) is 5.91 Å². The molecule has 0 fully saturated rings. The number of hydrogen-bond acceptors (Lipinski definition) is 4. The second kappa shape index (κ2) is 11.3. The number of nitrogens with one attached hydrogen (secondary N) is 1. The molecule has 1 aromatic heterocycles. The first-order valence-electron chi connectivity index (χ1n) is 10.3. The van der Waals surface area contributed by atoms with Crippen molar-refractivity contribution >= 4 is 11.6 Å². The first kappa shape index (κ1) is 23.4. The van der Waals surface area contributed by atoms with Crippen molar-refractivity contribution in [2.75, 3.05) is 18.5 Å². The minimum absolute atomic E-state index is 0.0817. The average molecular weight is 379 g/mol. The van der Waals surface area contributed by atoms with Crippen LogP contribution in [-0.4, -0.2) is 29.7 Å². The first-order chi connectivity index (χ1) is 12.7. The zero-order valence-electron chi connectivity index (χ0n) is 18.2. The van der Waals surface area contributed by atoms with Crippen LogP contribution in [0, 0.1) is 18.8 Å². The molecule has 0 bridgehead atoms. The lowest BCUT2D eigenvalue weighted by molar-refractivity contribution is -0.147. The maximum Gasteiger partial charge on any atom is 0.256 e. The maximum atomic E-state index is 13.3. The van der Waals surface area contributed by atoms with Gasteiger partial charge in [0, 0.05) is 12.2 Å². The Bertz CT molecular complexity index is 575. The summed E-state index contributed by atoms with van der Waals surface area (Å²) in [5.41, 5.74) is 0.774. The van der Waals surface area contributed by atoms with Gasteiger partial charge < -0.3 is 14.8 Å². The molecule has 0 aromatic carbocycles. The highest BCUT2D eigenvalue weighted by molar-refractivity contribution is 5.97. The summed E-state index contributed by atoms with van der Waals surface area (Å²) in [6.45, 7) is 15.8. The highest BCUT2D eigenvalue weighted by Gasteiger charge is 2.40. The smallest absolute Gasteiger partial charge is 0.256 e. The average Bonchev–Trinajstić information content (AvgIpc) is 2.58. The van der Waals surface area contributed by atoms with Gasteiger partial charge in [-0.3, -0.25) is 4.79 Å². The Morgan fingerprint density at radius 2 is 1.70 bits per heavy atom. The first-order valence-corrected chi connectivity index (χ1v) is 10.3. The molecule has 1 rings (SSSR count). The Labute approximate surface area is 165 Å². The van der Waals surface area contributed by atoms with E-state index in [0.29, 0.717) is 49.5 Å². The van der Waals surface area contributed by atoms with Crippen LogP contribution in [0.2, 0.25) is 0 Å². The summed E-state index contributed by atoms with van der Waals surface area (Å²) >= 11 is 0. The summed E-state index contributed by atoms with van der Waals surface area (Å²) in [7, 11) is 0. The number of aryl methyl sites for hydroxylation is 1. The van der Waals surface area contributed by atoms with Gasteiger partial charge in [0.05, 0.1) is 18.5 Å². The van der Waals surface area contributed by atoms with Gasteiger partial charge >= 0.3 is 0 Å². The summed E-state index contributed by atoms with van der Waals surface area (Å²) in [6, 6.07) is 1.91. The molecule has 1 amide bonds. The molecule has 0 aliphatic carbocycles.